The molecule has 0 bridgehead atoms. The number of methoxy groups -OCH3 is 2. The van der Waals surface area contributed by atoms with Gasteiger partial charge in [0.05, 0.1) is 25.2 Å². The zero-order chi connectivity index (χ0) is 24.9. The van der Waals surface area contributed by atoms with Crippen LogP contribution < -0.4 is 14.4 Å². The number of ether oxygens (including phenoxy) is 3. The molecule has 0 fully saturated rings. The molecule has 1 aliphatic rings. The van der Waals surface area contributed by atoms with E-state index >= 15 is 0 Å². The second-order valence-electron chi connectivity index (χ2n) is 7.64. The summed E-state index contributed by atoms with van der Waals surface area (Å²) in [5.41, 5.74) is 2.10. The van der Waals surface area contributed by atoms with Crippen molar-refractivity contribution in [3.8, 4) is 5.75 Å². The number of hydrogen-bond acceptors (Lipinski definition) is 6. The summed E-state index contributed by atoms with van der Waals surface area (Å²) in [6, 6.07) is 12.0. The molecular formula is C24H27IN2O6S. The molecule has 0 aliphatic heterocycles. The molecule has 2 aromatic carbocycles. The van der Waals surface area contributed by atoms with Gasteiger partial charge >= 0.3 is 0 Å². The van der Waals surface area contributed by atoms with Gasteiger partial charge < -0.3 is 19.5 Å². The molecule has 0 aromatic heterocycles. The Bertz CT molecular complexity index is 1210. The highest BCUT2D eigenvalue weighted by Gasteiger charge is 2.21. The summed E-state index contributed by atoms with van der Waals surface area (Å²) in [4.78, 5) is 12.7. The molecule has 8 nitrogen and oxygen atoms in total. The van der Waals surface area contributed by atoms with Gasteiger partial charge in [0.25, 0.3) is 5.91 Å². The maximum absolute atomic E-state index is 12.7. The first-order chi connectivity index (χ1) is 16.1. The number of halogens is 1. The van der Waals surface area contributed by atoms with Crippen LogP contribution in [0.2, 0.25) is 0 Å². The molecule has 0 spiro atoms. The van der Waals surface area contributed by atoms with E-state index in [1.807, 2.05) is 24.3 Å². The van der Waals surface area contributed by atoms with Crippen molar-refractivity contribution in [3.63, 3.8) is 0 Å². The van der Waals surface area contributed by atoms with Gasteiger partial charge in [-0.2, -0.15) is 0 Å². The molecule has 2 aromatic rings. The minimum atomic E-state index is -3.54. The fourth-order valence-corrected chi connectivity index (χ4v) is 4.20. The molecule has 1 atom stereocenters. The lowest BCUT2D eigenvalue weighted by Crippen LogP contribution is -2.25. The molecule has 0 radical (unpaired) electrons. The molecule has 1 aliphatic carbocycles. The Labute approximate surface area is 213 Å². The first-order valence-electron chi connectivity index (χ1n) is 10.4. The van der Waals surface area contributed by atoms with Crippen LogP contribution in [0.5, 0.6) is 5.75 Å². The number of anilines is 2. The fraction of sp³-hybridized carbons (Fsp3) is 0.292. The van der Waals surface area contributed by atoms with Crippen molar-refractivity contribution in [2.24, 2.45) is 0 Å². The van der Waals surface area contributed by atoms with Crippen molar-refractivity contribution in [1.82, 2.24) is 0 Å². The quantitative estimate of drug-likeness (QED) is 0.436. The van der Waals surface area contributed by atoms with E-state index in [1.54, 1.807) is 44.6 Å². The van der Waals surface area contributed by atoms with E-state index in [4.69, 9.17) is 14.2 Å². The summed E-state index contributed by atoms with van der Waals surface area (Å²) >= 11 is 2.17. The molecule has 0 heterocycles. The number of nitrogens with one attached hydrogen (secondary N) is 1. The van der Waals surface area contributed by atoms with Gasteiger partial charge in [0.2, 0.25) is 10.0 Å². The van der Waals surface area contributed by atoms with Crippen LogP contribution in [0.1, 0.15) is 16.8 Å². The number of rotatable bonds is 9. The lowest BCUT2D eigenvalue weighted by atomic mass is 10.0. The van der Waals surface area contributed by atoms with Crippen LogP contribution >= 0.6 is 22.6 Å². The second-order valence-corrected chi connectivity index (χ2v) is 10.9. The van der Waals surface area contributed by atoms with Crippen LogP contribution in [0.3, 0.4) is 0 Å². The number of amides is 1. The molecule has 1 N–H and O–H groups in total. The Hall–Kier alpha value is -2.57. The van der Waals surface area contributed by atoms with Crippen LogP contribution in [0.4, 0.5) is 11.4 Å². The van der Waals surface area contributed by atoms with Crippen LogP contribution in [0, 0.1) is 3.57 Å². The van der Waals surface area contributed by atoms with Gasteiger partial charge in [0.15, 0.2) is 0 Å². The topological polar surface area (TPSA) is 94.2 Å². The third-order valence-electron chi connectivity index (χ3n) is 5.31. The highest BCUT2D eigenvalue weighted by atomic mass is 127. The second kappa shape index (κ2) is 11.2. The largest absolute Gasteiger partial charge is 0.497 e. The van der Waals surface area contributed by atoms with E-state index in [1.165, 1.54) is 7.05 Å². The molecule has 0 saturated heterocycles. The van der Waals surface area contributed by atoms with Gasteiger partial charge in [-0.15, -0.1) is 0 Å². The summed E-state index contributed by atoms with van der Waals surface area (Å²) < 4.78 is 43.5. The standard InChI is InChI=1S/C24H27IN2O6S/c1-27(34(4,29)30)21-11-9-19(26-24(28)16-5-7-18(25)8-6-16)14-23(21)33-15-17-13-20(31-2)10-12-22(17)32-3/h5-9,11-14,20H,10,15H2,1-4H3,(H,26,28). The normalized spacial score (nSPS) is 15.7. The first kappa shape index (κ1) is 26.0. The smallest absolute Gasteiger partial charge is 0.255 e. The first-order valence-corrected chi connectivity index (χ1v) is 13.3. The Balaban J connectivity index is 1.89. The van der Waals surface area contributed by atoms with Gasteiger partial charge in [0, 0.05) is 40.6 Å². The predicted molar refractivity (Wildman–Crippen MR) is 141 cm³/mol. The summed E-state index contributed by atoms with van der Waals surface area (Å²) in [6.07, 6.45) is 5.54. The fourth-order valence-electron chi connectivity index (χ4n) is 3.33. The van der Waals surface area contributed by atoms with Gasteiger partial charge in [-0.3, -0.25) is 9.10 Å². The minimum absolute atomic E-state index is 0.102. The van der Waals surface area contributed by atoms with Gasteiger partial charge in [-0.1, -0.05) is 0 Å². The van der Waals surface area contributed by atoms with Crippen molar-refractivity contribution in [1.29, 1.82) is 0 Å². The summed E-state index contributed by atoms with van der Waals surface area (Å²) in [7, 11) is 1.12. The minimum Gasteiger partial charge on any atom is -0.497 e. The number of nitrogens with zero attached hydrogens (tertiary/aromatic N) is 1. The monoisotopic (exact) mass is 598 g/mol. The third kappa shape index (κ3) is 6.51. The van der Waals surface area contributed by atoms with Crippen molar-refractivity contribution in [3.05, 3.63) is 75.1 Å². The molecule has 1 amide bonds. The van der Waals surface area contributed by atoms with Gasteiger partial charge in [0.1, 0.15) is 18.1 Å². The zero-order valence-electron chi connectivity index (χ0n) is 19.4. The van der Waals surface area contributed by atoms with E-state index in [2.05, 4.69) is 27.9 Å². The lowest BCUT2D eigenvalue weighted by molar-refractivity contribution is 0.102. The number of carbonyl (C=O) groups is 1. The van der Waals surface area contributed by atoms with Crippen molar-refractivity contribution >= 4 is 49.9 Å². The van der Waals surface area contributed by atoms with E-state index < -0.39 is 10.0 Å². The van der Waals surface area contributed by atoms with Crippen LogP contribution in [0.25, 0.3) is 0 Å². The number of sulfonamides is 1. The summed E-state index contributed by atoms with van der Waals surface area (Å²) in [5.74, 6) is 0.688. The number of carbonyl (C=O) groups excluding carboxylic acids is 1. The average Bonchev–Trinajstić information content (AvgIpc) is 2.82. The van der Waals surface area contributed by atoms with E-state index in [0.29, 0.717) is 34.9 Å². The molecule has 10 heteroatoms. The molecule has 182 valence electrons. The van der Waals surface area contributed by atoms with Crippen molar-refractivity contribution in [2.45, 2.75) is 12.5 Å². The summed E-state index contributed by atoms with van der Waals surface area (Å²) in [6.45, 7) is 0.124. The lowest BCUT2D eigenvalue weighted by Gasteiger charge is -2.23. The number of benzene rings is 2. The van der Waals surface area contributed by atoms with Crippen molar-refractivity contribution < 1.29 is 27.4 Å². The molecule has 0 saturated carbocycles. The summed E-state index contributed by atoms with van der Waals surface area (Å²) in [5, 5.41) is 2.84. The van der Waals surface area contributed by atoms with Gasteiger partial charge in [-0.05, 0) is 77.6 Å². The number of hydrogen-bond donors (Lipinski definition) is 1. The Kier molecular flexibility index (Phi) is 8.61. The van der Waals surface area contributed by atoms with Crippen molar-refractivity contribution in [2.75, 3.05) is 43.8 Å². The molecular weight excluding hydrogens is 571 g/mol. The zero-order valence-corrected chi connectivity index (χ0v) is 22.3. The van der Waals surface area contributed by atoms with Crippen LogP contribution in [0.15, 0.2) is 65.9 Å². The van der Waals surface area contributed by atoms with E-state index in [-0.39, 0.29) is 18.6 Å². The molecule has 3 rings (SSSR count). The maximum atomic E-state index is 12.7. The Morgan fingerprint density at radius 3 is 2.50 bits per heavy atom. The van der Waals surface area contributed by atoms with E-state index in [0.717, 1.165) is 19.7 Å². The highest BCUT2D eigenvalue weighted by Crippen LogP contribution is 2.33. The van der Waals surface area contributed by atoms with Crippen LogP contribution in [-0.4, -0.2) is 54.6 Å². The Morgan fingerprint density at radius 1 is 1.18 bits per heavy atom. The maximum Gasteiger partial charge on any atom is 0.255 e. The molecule has 34 heavy (non-hydrogen) atoms. The van der Waals surface area contributed by atoms with Gasteiger partial charge in [-0.25, -0.2) is 8.42 Å². The SMILES string of the molecule is COC1=CCC(OC)C=C1COc1cc(NC(=O)c2ccc(I)cc2)ccc1N(C)S(C)(=O)=O. The highest BCUT2D eigenvalue weighted by molar-refractivity contribution is 14.1. The molecule has 1 unspecified atom stereocenters. The predicted octanol–water partition coefficient (Wildman–Crippen LogP) is 4.19. The van der Waals surface area contributed by atoms with E-state index in [9.17, 15) is 13.2 Å². The Morgan fingerprint density at radius 2 is 1.88 bits per heavy atom. The average molecular weight is 598 g/mol. The van der Waals surface area contributed by atoms with Crippen LogP contribution in [-0.2, 0) is 19.5 Å². The third-order valence-corrected chi connectivity index (χ3v) is 7.22.